The van der Waals surface area contributed by atoms with Crippen LogP contribution in [0.2, 0.25) is 0 Å². The van der Waals surface area contributed by atoms with Crippen molar-refractivity contribution in [3.63, 3.8) is 0 Å². The second kappa shape index (κ2) is 8.33. The van der Waals surface area contributed by atoms with Gasteiger partial charge in [-0.2, -0.15) is 0 Å². The van der Waals surface area contributed by atoms with Crippen LogP contribution in [0.1, 0.15) is 42.4 Å². The van der Waals surface area contributed by atoms with E-state index in [0.717, 1.165) is 25.6 Å². The monoisotopic (exact) mass is 387 g/mol. The van der Waals surface area contributed by atoms with E-state index in [2.05, 4.69) is 76.8 Å². The van der Waals surface area contributed by atoms with Gasteiger partial charge in [-0.3, -0.25) is 0 Å². The van der Waals surface area contributed by atoms with E-state index in [0.29, 0.717) is 6.04 Å². The lowest BCUT2D eigenvalue weighted by Gasteiger charge is -2.38. The second-order valence-corrected chi connectivity index (χ2v) is 9.10. The summed E-state index contributed by atoms with van der Waals surface area (Å²) in [7, 11) is 2.24. The molecular weight excluding hydrogens is 354 g/mol. The number of anilines is 1. The fourth-order valence-electron chi connectivity index (χ4n) is 5.18. The Morgan fingerprint density at radius 1 is 0.828 bits per heavy atom. The van der Waals surface area contributed by atoms with E-state index in [1.807, 2.05) is 0 Å². The summed E-state index contributed by atoms with van der Waals surface area (Å²) < 4.78 is 0. The number of allylic oxidation sites excluding steroid dienone is 1. The Morgan fingerprint density at radius 2 is 1.55 bits per heavy atom. The molecule has 0 bridgehead atoms. The summed E-state index contributed by atoms with van der Waals surface area (Å²) in [6.07, 6.45) is 8.54. The number of fused-ring (bicyclic) bond motifs is 1. The van der Waals surface area contributed by atoms with Crippen molar-refractivity contribution in [3.8, 4) is 0 Å². The largest absolute Gasteiger partial charge is 0.371 e. The number of hydrogen-bond acceptors (Lipinski definition) is 3. The summed E-state index contributed by atoms with van der Waals surface area (Å²) in [4.78, 5) is 5.03. The lowest BCUT2D eigenvalue weighted by atomic mass is 9.98. The van der Waals surface area contributed by atoms with Gasteiger partial charge in [0.15, 0.2) is 0 Å². The Balaban J connectivity index is 1.19. The molecule has 0 amide bonds. The first kappa shape index (κ1) is 18.9. The lowest BCUT2D eigenvalue weighted by molar-refractivity contribution is 0.217. The van der Waals surface area contributed by atoms with Gasteiger partial charge in [0.25, 0.3) is 0 Å². The van der Waals surface area contributed by atoms with Crippen LogP contribution in [0, 0.1) is 0 Å². The lowest BCUT2D eigenvalue weighted by Crippen LogP contribution is -2.49. The van der Waals surface area contributed by atoms with Gasteiger partial charge < -0.3 is 15.1 Å². The molecule has 2 aliphatic heterocycles. The molecule has 0 aromatic heterocycles. The number of benzene rings is 2. The van der Waals surface area contributed by atoms with Crippen LogP contribution in [0.4, 0.5) is 5.69 Å². The van der Waals surface area contributed by atoms with Crippen molar-refractivity contribution < 1.29 is 0 Å². The molecule has 3 aliphatic rings. The molecule has 2 fully saturated rings. The minimum absolute atomic E-state index is 0.690. The van der Waals surface area contributed by atoms with E-state index in [4.69, 9.17) is 0 Å². The van der Waals surface area contributed by atoms with E-state index in [-0.39, 0.29) is 0 Å². The van der Waals surface area contributed by atoms with Gasteiger partial charge in [-0.25, -0.2) is 0 Å². The molecule has 1 aliphatic carbocycles. The quantitative estimate of drug-likeness (QED) is 0.837. The first-order chi connectivity index (χ1) is 14.2. The van der Waals surface area contributed by atoms with Crippen molar-refractivity contribution >= 4 is 17.3 Å². The smallest absolute Gasteiger partial charge is 0.0372 e. The van der Waals surface area contributed by atoms with Crippen LogP contribution in [0.25, 0.3) is 11.6 Å². The van der Waals surface area contributed by atoms with Crippen molar-refractivity contribution in [1.29, 1.82) is 0 Å². The molecule has 0 radical (unpaired) electrons. The molecule has 0 atom stereocenters. The molecule has 2 aromatic carbocycles. The van der Waals surface area contributed by atoms with Gasteiger partial charge in [-0.05, 0) is 86.6 Å². The highest BCUT2D eigenvalue weighted by Gasteiger charge is 2.24. The van der Waals surface area contributed by atoms with E-state index >= 15 is 0 Å². The zero-order valence-electron chi connectivity index (χ0n) is 17.6. The average molecular weight is 388 g/mol. The highest BCUT2D eigenvalue weighted by molar-refractivity contribution is 5.89. The van der Waals surface area contributed by atoms with Crippen LogP contribution in [-0.4, -0.2) is 50.2 Å². The molecule has 1 N–H and O–H groups in total. The van der Waals surface area contributed by atoms with Gasteiger partial charge in [0.1, 0.15) is 0 Å². The van der Waals surface area contributed by atoms with Gasteiger partial charge in [0.05, 0.1) is 0 Å². The Hall–Kier alpha value is -2.10. The predicted molar refractivity (Wildman–Crippen MR) is 123 cm³/mol. The van der Waals surface area contributed by atoms with E-state index in [1.54, 1.807) is 0 Å². The molecule has 5 rings (SSSR count). The predicted octanol–water partition coefficient (Wildman–Crippen LogP) is 4.44. The molecule has 3 nitrogen and oxygen atoms in total. The highest BCUT2D eigenvalue weighted by atomic mass is 15.2. The Morgan fingerprint density at radius 3 is 2.31 bits per heavy atom. The van der Waals surface area contributed by atoms with Crippen LogP contribution < -0.4 is 10.2 Å². The van der Waals surface area contributed by atoms with Crippen molar-refractivity contribution in [2.75, 3.05) is 38.1 Å². The molecule has 3 heteroatoms. The average Bonchev–Trinajstić information content (AvgIpc) is 3.20. The topological polar surface area (TPSA) is 18.5 Å². The van der Waals surface area contributed by atoms with Crippen molar-refractivity contribution in [3.05, 3.63) is 65.2 Å². The molecule has 152 valence electrons. The van der Waals surface area contributed by atoms with Gasteiger partial charge in [-0.15, -0.1) is 0 Å². The van der Waals surface area contributed by atoms with E-state index in [1.165, 1.54) is 66.7 Å². The molecular formula is C26H33N3. The van der Waals surface area contributed by atoms with E-state index in [9.17, 15) is 0 Å². The highest BCUT2D eigenvalue weighted by Crippen LogP contribution is 2.33. The van der Waals surface area contributed by atoms with Crippen LogP contribution in [0.15, 0.2) is 48.5 Å². The number of rotatable bonds is 4. The van der Waals surface area contributed by atoms with Crippen LogP contribution in [0.5, 0.6) is 0 Å². The summed E-state index contributed by atoms with van der Waals surface area (Å²) >= 11 is 0. The number of piperidine rings is 2. The van der Waals surface area contributed by atoms with Gasteiger partial charge in [0.2, 0.25) is 0 Å². The third-order valence-corrected chi connectivity index (χ3v) is 7.03. The summed E-state index contributed by atoms with van der Waals surface area (Å²) in [6.45, 7) is 4.80. The Bertz CT molecular complexity index is 871. The van der Waals surface area contributed by atoms with Gasteiger partial charge in [-0.1, -0.05) is 42.5 Å². The third kappa shape index (κ3) is 4.26. The van der Waals surface area contributed by atoms with Gasteiger partial charge >= 0.3 is 0 Å². The first-order valence-corrected chi connectivity index (χ1v) is 11.3. The maximum Gasteiger partial charge on any atom is 0.0372 e. The summed E-state index contributed by atoms with van der Waals surface area (Å²) in [5, 5.41) is 3.95. The molecule has 2 aromatic rings. The molecule has 0 spiro atoms. The maximum absolute atomic E-state index is 3.95. The number of hydrogen-bond donors (Lipinski definition) is 1. The zero-order chi connectivity index (χ0) is 19.6. The van der Waals surface area contributed by atoms with Crippen molar-refractivity contribution in [2.45, 2.75) is 44.2 Å². The minimum Gasteiger partial charge on any atom is -0.371 e. The summed E-state index contributed by atoms with van der Waals surface area (Å²) in [5.41, 5.74) is 7.05. The van der Waals surface area contributed by atoms with Crippen LogP contribution in [0.3, 0.4) is 0 Å². The number of nitrogens with zero attached hydrogens (tertiary/aromatic N) is 2. The molecule has 0 saturated carbocycles. The molecule has 29 heavy (non-hydrogen) atoms. The third-order valence-electron chi connectivity index (χ3n) is 7.03. The van der Waals surface area contributed by atoms with Crippen molar-refractivity contribution in [2.24, 2.45) is 0 Å². The molecule has 2 saturated heterocycles. The maximum atomic E-state index is 3.95. The van der Waals surface area contributed by atoms with Crippen LogP contribution in [-0.2, 0) is 6.42 Å². The fourth-order valence-corrected chi connectivity index (χ4v) is 5.18. The van der Waals surface area contributed by atoms with Crippen molar-refractivity contribution in [1.82, 2.24) is 10.2 Å². The first-order valence-electron chi connectivity index (χ1n) is 11.3. The Labute approximate surface area is 175 Å². The second-order valence-electron chi connectivity index (χ2n) is 9.10. The summed E-state index contributed by atoms with van der Waals surface area (Å²) in [6, 6.07) is 19.4. The Kier molecular flexibility index (Phi) is 5.43. The molecule has 0 unspecified atom stereocenters. The van der Waals surface area contributed by atoms with Gasteiger partial charge in [0, 0.05) is 30.9 Å². The number of likely N-dealkylation sites (tertiary alicyclic amines) is 1. The zero-order valence-corrected chi connectivity index (χ0v) is 17.6. The number of nitrogens with one attached hydrogen (secondary N) is 1. The van der Waals surface area contributed by atoms with E-state index < -0.39 is 0 Å². The molecule has 2 heterocycles. The fraction of sp³-hybridized carbons (Fsp3) is 0.462. The minimum atomic E-state index is 0.690. The summed E-state index contributed by atoms with van der Waals surface area (Å²) in [5.74, 6) is 0. The normalized spacial score (nSPS) is 21.3. The SMILES string of the molecule is CN1CCC(NC2CCN(c3cccc(C4=Cc5ccccc5C4)c3)CC2)CC1. The van der Waals surface area contributed by atoms with Crippen LogP contribution >= 0.6 is 0 Å². The standard InChI is InChI=1S/C26H33N3/c1-28-13-9-24(10-14-28)27-25-11-15-29(16-12-25)26-8-4-7-22(19-26)23-17-20-5-2-3-6-21(20)18-23/h2-8,17,19,24-25,27H,9-16,18H2,1H3.